The average Bonchev–Trinajstić information content (AvgIpc) is 2.79. The number of aliphatic hydroxyl groups is 1. The zero-order valence-corrected chi connectivity index (χ0v) is 13.1. The number of anilines is 2. The number of nitrogens with zero attached hydrogens (tertiary/aromatic N) is 4. The van der Waals surface area contributed by atoms with E-state index in [1.165, 1.54) is 0 Å². The maximum absolute atomic E-state index is 9.99. The zero-order chi connectivity index (χ0) is 15.1. The number of aliphatic hydroxyl groups excluding tert-OH is 1. The van der Waals surface area contributed by atoms with E-state index in [0.29, 0.717) is 12.1 Å². The van der Waals surface area contributed by atoms with Crippen LogP contribution in [0.4, 0.5) is 11.8 Å². The summed E-state index contributed by atoms with van der Waals surface area (Å²) in [5, 5.41) is 9.99. The molecule has 1 aromatic heterocycles. The quantitative estimate of drug-likeness (QED) is 0.883. The summed E-state index contributed by atoms with van der Waals surface area (Å²) in [4.78, 5) is 14.1. The lowest BCUT2D eigenvalue weighted by Gasteiger charge is -2.38. The molecule has 0 radical (unpaired) electrons. The summed E-state index contributed by atoms with van der Waals surface area (Å²) < 4.78 is 5.42. The third-order valence-electron chi connectivity index (χ3n) is 5.10. The molecule has 4 heterocycles. The minimum Gasteiger partial charge on any atom is -0.393 e. The fourth-order valence-electron chi connectivity index (χ4n) is 4.10. The van der Waals surface area contributed by atoms with Gasteiger partial charge in [0.05, 0.1) is 19.3 Å². The molecule has 0 spiro atoms. The third kappa shape index (κ3) is 2.54. The van der Waals surface area contributed by atoms with Gasteiger partial charge in [0, 0.05) is 36.9 Å². The maximum atomic E-state index is 9.99. The molecule has 0 aromatic carbocycles. The molecule has 0 saturated carbocycles. The van der Waals surface area contributed by atoms with Gasteiger partial charge >= 0.3 is 0 Å². The van der Waals surface area contributed by atoms with Crippen LogP contribution in [0.15, 0.2) is 6.07 Å². The van der Waals surface area contributed by atoms with Gasteiger partial charge in [-0.3, -0.25) is 0 Å². The predicted octanol–water partition coefficient (Wildman–Crippen LogP) is 1.11. The molecule has 4 rings (SSSR count). The molecular formula is C16H24N4O2. The highest BCUT2D eigenvalue weighted by Crippen LogP contribution is 2.39. The minimum absolute atomic E-state index is 0.143. The highest BCUT2D eigenvalue weighted by Gasteiger charge is 2.41. The van der Waals surface area contributed by atoms with Crippen LogP contribution in [-0.4, -0.2) is 59.6 Å². The Morgan fingerprint density at radius 3 is 2.50 bits per heavy atom. The van der Waals surface area contributed by atoms with Crippen LogP contribution in [0.1, 0.15) is 31.4 Å². The fourth-order valence-corrected chi connectivity index (χ4v) is 4.10. The smallest absolute Gasteiger partial charge is 0.227 e. The summed E-state index contributed by atoms with van der Waals surface area (Å²) in [6.07, 6.45) is 3.92. The molecule has 3 saturated heterocycles. The summed E-state index contributed by atoms with van der Waals surface area (Å²) in [5.41, 5.74) is 1.01. The van der Waals surface area contributed by atoms with Crippen LogP contribution in [-0.2, 0) is 4.74 Å². The molecule has 1 aromatic rings. The second kappa shape index (κ2) is 5.66. The van der Waals surface area contributed by atoms with Crippen LogP contribution < -0.4 is 9.80 Å². The van der Waals surface area contributed by atoms with E-state index in [4.69, 9.17) is 9.72 Å². The van der Waals surface area contributed by atoms with Crippen molar-refractivity contribution >= 4 is 11.8 Å². The van der Waals surface area contributed by atoms with Crippen molar-refractivity contribution < 1.29 is 9.84 Å². The molecule has 6 nitrogen and oxygen atoms in total. The van der Waals surface area contributed by atoms with E-state index in [-0.39, 0.29) is 6.10 Å². The monoisotopic (exact) mass is 304 g/mol. The molecule has 2 bridgehead atoms. The summed E-state index contributed by atoms with van der Waals surface area (Å²) >= 11 is 0. The first-order valence-corrected chi connectivity index (χ1v) is 8.35. The SMILES string of the molecule is Cc1cc(N2[C@@H]3CC[C@H]2CC(O)C3)nc(N2CCOCC2)n1. The first-order valence-electron chi connectivity index (χ1n) is 8.35. The molecule has 3 atom stereocenters. The van der Waals surface area contributed by atoms with Crippen LogP contribution in [0.2, 0.25) is 0 Å². The number of aryl methyl sites for hydroxylation is 1. The van der Waals surface area contributed by atoms with Gasteiger partial charge in [-0.05, 0) is 32.6 Å². The molecule has 3 fully saturated rings. The molecule has 6 heteroatoms. The molecular weight excluding hydrogens is 280 g/mol. The molecule has 120 valence electrons. The Balaban J connectivity index is 1.63. The number of hydrogen-bond donors (Lipinski definition) is 1. The van der Waals surface area contributed by atoms with E-state index in [9.17, 15) is 5.11 Å². The molecule has 1 N–H and O–H groups in total. The average molecular weight is 304 g/mol. The van der Waals surface area contributed by atoms with E-state index >= 15 is 0 Å². The second-order valence-corrected chi connectivity index (χ2v) is 6.68. The van der Waals surface area contributed by atoms with E-state index in [2.05, 4.69) is 20.9 Å². The Morgan fingerprint density at radius 1 is 1.14 bits per heavy atom. The predicted molar refractivity (Wildman–Crippen MR) is 84.3 cm³/mol. The lowest BCUT2D eigenvalue weighted by Crippen LogP contribution is -2.45. The number of morpholine rings is 1. The van der Waals surface area contributed by atoms with Gasteiger partial charge in [0.1, 0.15) is 5.82 Å². The summed E-state index contributed by atoms with van der Waals surface area (Å²) in [6, 6.07) is 2.95. The number of fused-ring (bicyclic) bond motifs is 2. The van der Waals surface area contributed by atoms with Crippen molar-refractivity contribution in [2.75, 3.05) is 36.1 Å². The van der Waals surface area contributed by atoms with Crippen molar-refractivity contribution in [1.82, 2.24) is 9.97 Å². The molecule has 1 unspecified atom stereocenters. The Labute approximate surface area is 131 Å². The molecule has 3 aliphatic rings. The second-order valence-electron chi connectivity index (χ2n) is 6.68. The Morgan fingerprint density at radius 2 is 1.82 bits per heavy atom. The lowest BCUT2D eigenvalue weighted by molar-refractivity contribution is 0.121. The topological polar surface area (TPSA) is 61.7 Å². The molecule has 0 aliphatic carbocycles. The van der Waals surface area contributed by atoms with Crippen molar-refractivity contribution in [2.24, 2.45) is 0 Å². The van der Waals surface area contributed by atoms with Crippen LogP contribution in [0, 0.1) is 6.92 Å². The number of hydrogen-bond acceptors (Lipinski definition) is 6. The zero-order valence-electron chi connectivity index (χ0n) is 13.1. The molecule has 22 heavy (non-hydrogen) atoms. The van der Waals surface area contributed by atoms with Crippen LogP contribution in [0.25, 0.3) is 0 Å². The first-order chi connectivity index (χ1) is 10.7. The van der Waals surface area contributed by atoms with Gasteiger partial charge in [-0.25, -0.2) is 4.98 Å². The van der Waals surface area contributed by atoms with E-state index in [1.807, 2.05) is 6.92 Å². The van der Waals surface area contributed by atoms with Gasteiger partial charge in [-0.2, -0.15) is 4.98 Å². The third-order valence-corrected chi connectivity index (χ3v) is 5.10. The van der Waals surface area contributed by atoms with Crippen molar-refractivity contribution in [3.63, 3.8) is 0 Å². The number of rotatable bonds is 2. The first kappa shape index (κ1) is 14.2. The van der Waals surface area contributed by atoms with Crippen molar-refractivity contribution in [2.45, 2.75) is 50.8 Å². The Kier molecular flexibility index (Phi) is 3.66. The van der Waals surface area contributed by atoms with Crippen LogP contribution >= 0.6 is 0 Å². The van der Waals surface area contributed by atoms with Gasteiger partial charge in [0.25, 0.3) is 0 Å². The van der Waals surface area contributed by atoms with Crippen molar-refractivity contribution in [3.05, 3.63) is 11.8 Å². The Bertz CT molecular complexity index is 533. The summed E-state index contributed by atoms with van der Waals surface area (Å²) in [5.74, 6) is 1.86. The van der Waals surface area contributed by atoms with Crippen LogP contribution in [0.5, 0.6) is 0 Å². The van der Waals surface area contributed by atoms with Gasteiger partial charge in [0.2, 0.25) is 5.95 Å². The number of aromatic nitrogens is 2. The van der Waals surface area contributed by atoms with E-state index < -0.39 is 0 Å². The minimum atomic E-state index is -0.143. The summed E-state index contributed by atoms with van der Waals surface area (Å²) in [6.45, 7) is 5.24. The van der Waals surface area contributed by atoms with E-state index in [0.717, 1.165) is 69.4 Å². The number of ether oxygens (including phenoxy) is 1. The van der Waals surface area contributed by atoms with Crippen molar-refractivity contribution in [3.8, 4) is 0 Å². The number of piperidine rings is 1. The highest BCUT2D eigenvalue weighted by molar-refractivity contribution is 5.49. The maximum Gasteiger partial charge on any atom is 0.227 e. The Hall–Kier alpha value is -1.40. The van der Waals surface area contributed by atoms with E-state index in [1.54, 1.807) is 0 Å². The fraction of sp³-hybridized carbons (Fsp3) is 0.750. The highest BCUT2D eigenvalue weighted by atomic mass is 16.5. The molecule has 3 aliphatic heterocycles. The van der Waals surface area contributed by atoms with Gasteiger partial charge < -0.3 is 19.6 Å². The van der Waals surface area contributed by atoms with Gasteiger partial charge in [0.15, 0.2) is 0 Å². The summed E-state index contributed by atoms with van der Waals surface area (Å²) in [7, 11) is 0. The largest absolute Gasteiger partial charge is 0.393 e. The molecule has 0 amide bonds. The lowest BCUT2D eigenvalue weighted by atomic mass is 10.00. The van der Waals surface area contributed by atoms with Crippen molar-refractivity contribution in [1.29, 1.82) is 0 Å². The van der Waals surface area contributed by atoms with Crippen LogP contribution in [0.3, 0.4) is 0 Å². The van der Waals surface area contributed by atoms with Gasteiger partial charge in [-0.1, -0.05) is 0 Å². The standard InChI is InChI=1S/C16H24N4O2/c1-11-8-15(18-16(17-11)19-4-6-22-7-5-19)20-12-2-3-13(20)10-14(21)9-12/h8,12-14,21H,2-7,9-10H2,1H3/t12-,13+,14?. The normalized spacial score (nSPS) is 31.6. The van der Waals surface area contributed by atoms with Gasteiger partial charge in [-0.15, -0.1) is 0 Å².